The molecule has 2 heterocycles. The highest BCUT2D eigenvalue weighted by atomic mass is 15.2. The van der Waals surface area contributed by atoms with Gasteiger partial charge in [-0.25, -0.2) is 9.97 Å². The summed E-state index contributed by atoms with van der Waals surface area (Å²) >= 11 is 0. The van der Waals surface area contributed by atoms with Crippen molar-refractivity contribution >= 4 is 11.6 Å². The summed E-state index contributed by atoms with van der Waals surface area (Å²) in [5, 5.41) is 8.92. The molecule has 0 spiro atoms. The van der Waals surface area contributed by atoms with E-state index in [0.29, 0.717) is 5.82 Å². The quantitative estimate of drug-likeness (QED) is 0.613. The van der Waals surface area contributed by atoms with Gasteiger partial charge in [0.15, 0.2) is 6.19 Å². The van der Waals surface area contributed by atoms with Gasteiger partial charge in [-0.05, 0) is 17.5 Å². The molecular weight excluding hydrogens is 250 g/mol. The highest BCUT2D eigenvalue weighted by molar-refractivity contribution is 5.53. The van der Waals surface area contributed by atoms with Gasteiger partial charge in [0, 0.05) is 26.2 Å². The maximum absolute atomic E-state index is 8.92. The van der Waals surface area contributed by atoms with Crippen LogP contribution in [0.2, 0.25) is 0 Å². The molecule has 0 atom stereocenters. The average molecular weight is 265 g/mol. The van der Waals surface area contributed by atoms with Crippen molar-refractivity contribution in [3.63, 3.8) is 0 Å². The number of hydrogen-bond donors (Lipinski definition) is 0. The number of nitrogens with zero attached hydrogens (tertiary/aromatic N) is 5. The van der Waals surface area contributed by atoms with Crippen LogP contribution in [0.1, 0.15) is 11.1 Å². The van der Waals surface area contributed by atoms with Gasteiger partial charge in [-0.1, -0.05) is 24.3 Å². The van der Waals surface area contributed by atoms with Crippen molar-refractivity contribution < 1.29 is 0 Å². The van der Waals surface area contributed by atoms with E-state index in [1.165, 1.54) is 22.4 Å². The topological polar surface area (TPSA) is 56.1 Å². The normalized spacial score (nSPS) is 13.5. The summed E-state index contributed by atoms with van der Waals surface area (Å²) in [5.41, 5.74) is 2.75. The second-order valence-electron chi connectivity index (χ2n) is 4.83. The first-order valence-electron chi connectivity index (χ1n) is 6.55. The van der Waals surface area contributed by atoms with Crippen molar-refractivity contribution in [2.75, 3.05) is 23.4 Å². The summed E-state index contributed by atoms with van der Waals surface area (Å²) in [6.45, 7) is 1.78. The second-order valence-corrected chi connectivity index (χ2v) is 4.83. The fourth-order valence-electron chi connectivity index (χ4n) is 2.44. The maximum Gasteiger partial charge on any atom is 0.185 e. The molecule has 5 nitrogen and oxygen atoms in total. The van der Waals surface area contributed by atoms with E-state index in [0.717, 1.165) is 25.3 Å². The first-order valence-corrected chi connectivity index (χ1v) is 6.55. The van der Waals surface area contributed by atoms with Crippen LogP contribution in [0.15, 0.2) is 36.7 Å². The molecule has 0 fully saturated rings. The van der Waals surface area contributed by atoms with Gasteiger partial charge < -0.3 is 4.90 Å². The standard InChI is InChI=1S/C15H15N5/c1-19(10-16)14-8-15(18-11-17-14)20-7-6-12-4-2-3-5-13(12)9-20/h2-5,8,11H,6-7,9H2,1H3. The van der Waals surface area contributed by atoms with E-state index in [9.17, 15) is 0 Å². The number of benzene rings is 1. The van der Waals surface area contributed by atoms with Crippen LogP contribution in [-0.4, -0.2) is 23.6 Å². The molecule has 1 aliphatic rings. The van der Waals surface area contributed by atoms with Crippen molar-refractivity contribution in [1.29, 1.82) is 5.26 Å². The Morgan fingerprint density at radius 3 is 2.85 bits per heavy atom. The van der Waals surface area contributed by atoms with Gasteiger partial charge >= 0.3 is 0 Å². The monoisotopic (exact) mass is 265 g/mol. The van der Waals surface area contributed by atoms with Crippen LogP contribution in [0.25, 0.3) is 0 Å². The fraction of sp³-hybridized carbons (Fsp3) is 0.267. The van der Waals surface area contributed by atoms with Gasteiger partial charge in [-0.3, -0.25) is 4.90 Å². The minimum atomic E-state index is 0.622. The van der Waals surface area contributed by atoms with Gasteiger partial charge in [-0.2, -0.15) is 5.26 Å². The zero-order valence-electron chi connectivity index (χ0n) is 11.3. The first kappa shape index (κ1) is 12.4. The Morgan fingerprint density at radius 2 is 2.05 bits per heavy atom. The van der Waals surface area contributed by atoms with Crippen molar-refractivity contribution in [2.45, 2.75) is 13.0 Å². The highest BCUT2D eigenvalue weighted by Crippen LogP contribution is 2.24. The molecule has 0 amide bonds. The molecule has 1 aromatic heterocycles. The second kappa shape index (κ2) is 5.17. The van der Waals surface area contributed by atoms with E-state index in [1.54, 1.807) is 7.05 Å². The van der Waals surface area contributed by atoms with Gasteiger partial charge in [0.05, 0.1) is 0 Å². The third-order valence-electron chi connectivity index (χ3n) is 3.59. The lowest BCUT2D eigenvalue weighted by Gasteiger charge is -2.29. The zero-order valence-corrected chi connectivity index (χ0v) is 11.3. The minimum Gasteiger partial charge on any atom is -0.352 e. The number of aromatic nitrogens is 2. The molecule has 0 saturated heterocycles. The molecule has 0 radical (unpaired) electrons. The van der Waals surface area contributed by atoms with E-state index in [4.69, 9.17) is 5.26 Å². The van der Waals surface area contributed by atoms with Crippen LogP contribution in [0.3, 0.4) is 0 Å². The Morgan fingerprint density at radius 1 is 1.25 bits per heavy atom. The number of hydrogen-bond acceptors (Lipinski definition) is 5. The molecule has 0 saturated carbocycles. The number of fused-ring (bicyclic) bond motifs is 1. The lowest BCUT2D eigenvalue weighted by molar-refractivity contribution is 0.719. The number of rotatable bonds is 2. The Labute approximate surface area is 118 Å². The molecule has 5 heteroatoms. The Hall–Kier alpha value is -2.61. The average Bonchev–Trinajstić information content (AvgIpc) is 2.53. The van der Waals surface area contributed by atoms with E-state index in [-0.39, 0.29) is 0 Å². The molecular formula is C15H15N5. The van der Waals surface area contributed by atoms with Crippen LogP contribution < -0.4 is 9.80 Å². The van der Waals surface area contributed by atoms with Gasteiger partial charge in [0.2, 0.25) is 0 Å². The van der Waals surface area contributed by atoms with Crippen LogP contribution in [0.5, 0.6) is 0 Å². The molecule has 20 heavy (non-hydrogen) atoms. The molecule has 0 bridgehead atoms. The van der Waals surface area contributed by atoms with Crippen molar-refractivity contribution in [2.24, 2.45) is 0 Å². The van der Waals surface area contributed by atoms with Crippen molar-refractivity contribution in [3.05, 3.63) is 47.8 Å². The molecule has 0 N–H and O–H groups in total. The summed E-state index contributed by atoms with van der Waals surface area (Å²) in [7, 11) is 1.69. The predicted molar refractivity (Wildman–Crippen MR) is 77.2 cm³/mol. The third-order valence-corrected chi connectivity index (χ3v) is 3.59. The molecule has 0 aliphatic carbocycles. The SMILES string of the molecule is CN(C#N)c1cc(N2CCc3ccccc3C2)ncn1. The molecule has 1 aliphatic heterocycles. The third kappa shape index (κ3) is 2.28. The maximum atomic E-state index is 8.92. The van der Waals surface area contributed by atoms with Gasteiger partial charge in [-0.15, -0.1) is 0 Å². The van der Waals surface area contributed by atoms with Crippen molar-refractivity contribution in [3.8, 4) is 6.19 Å². The molecule has 100 valence electrons. The van der Waals surface area contributed by atoms with E-state index < -0.39 is 0 Å². The van der Waals surface area contributed by atoms with Crippen molar-refractivity contribution in [1.82, 2.24) is 9.97 Å². The fourth-order valence-corrected chi connectivity index (χ4v) is 2.44. The Bertz CT molecular complexity index is 661. The highest BCUT2D eigenvalue weighted by Gasteiger charge is 2.17. The first-order chi connectivity index (χ1) is 9.78. The molecule has 0 unspecified atom stereocenters. The Balaban J connectivity index is 1.87. The molecule has 2 aromatic rings. The summed E-state index contributed by atoms with van der Waals surface area (Å²) < 4.78 is 0. The van der Waals surface area contributed by atoms with Crippen LogP contribution >= 0.6 is 0 Å². The lowest BCUT2D eigenvalue weighted by atomic mass is 10.00. The van der Waals surface area contributed by atoms with Gasteiger partial charge in [0.25, 0.3) is 0 Å². The largest absolute Gasteiger partial charge is 0.352 e. The number of anilines is 2. The van der Waals surface area contributed by atoms with E-state index >= 15 is 0 Å². The van der Waals surface area contributed by atoms with Gasteiger partial charge in [0.1, 0.15) is 18.0 Å². The molecule has 3 rings (SSSR count). The lowest BCUT2D eigenvalue weighted by Crippen LogP contribution is -2.31. The van der Waals surface area contributed by atoms with Crippen LogP contribution in [0.4, 0.5) is 11.6 Å². The zero-order chi connectivity index (χ0) is 13.9. The predicted octanol–water partition coefficient (Wildman–Crippen LogP) is 1.96. The smallest absolute Gasteiger partial charge is 0.185 e. The number of nitriles is 1. The summed E-state index contributed by atoms with van der Waals surface area (Å²) in [6.07, 6.45) is 4.58. The van der Waals surface area contributed by atoms with E-state index in [2.05, 4.69) is 45.3 Å². The molecule has 1 aromatic carbocycles. The summed E-state index contributed by atoms with van der Waals surface area (Å²) in [5.74, 6) is 1.49. The van der Waals surface area contributed by atoms with Crippen LogP contribution in [-0.2, 0) is 13.0 Å². The minimum absolute atomic E-state index is 0.622. The Kier molecular flexibility index (Phi) is 3.21. The summed E-state index contributed by atoms with van der Waals surface area (Å²) in [4.78, 5) is 12.1. The summed E-state index contributed by atoms with van der Waals surface area (Å²) in [6, 6.07) is 10.3. The van der Waals surface area contributed by atoms with E-state index in [1.807, 2.05) is 6.07 Å². The van der Waals surface area contributed by atoms with Crippen LogP contribution in [0, 0.1) is 11.5 Å².